The van der Waals surface area contributed by atoms with Gasteiger partial charge in [0, 0.05) is 25.6 Å². The zero-order valence-electron chi connectivity index (χ0n) is 15.2. The van der Waals surface area contributed by atoms with E-state index in [1.807, 2.05) is 24.3 Å². The van der Waals surface area contributed by atoms with Gasteiger partial charge in [0.2, 0.25) is 0 Å². The van der Waals surface area contributed by atoms with Crippen molar-refractivity contribution < 1.29 is 14.3 Å². The Morgan fingerprint density at radius 1 is 1.27 bits per heavy atom. The first kappa shape index (κ1) is 18.7. The van der Waals surface area contributed by atoms with E-state index < -0.39 is 0 Å². The van der Waals surface area contributed by atoms with Crippen LogP contribution in [-0.2, 0) is 16.1 Å². The highest BCUT2D eigenvalue weighted by Crippen LogP contribution is 2.19. The zero-order chi connectivity index (χ0) is 18.2. The Balaban J connectivity index is 1.36. The number of rotatable bonds is 7. The Kier molecular flexibility index (Phi) is 6.87. The molecule has 2 saturated heterocycles. The van der Waals surface area contributed by atoms with Gasteiger partial charge in [-0.05, 0) is 56.5 Å². The van der Waals surface area contributed by atoms with Crippen LogP contribution in [0.3, 0.4) is 0 Å². The van der Waals surface area contributed by atoms with Gasteiger partial charge in [0.05, 0.1) is 12.2 Å². The fourth-order valence-corrected chi connectivity index (χ4v) is 3.40. The third kappa shape index (κ3) is 5.72. The third-order valence-electron chi connectivity index (χ3n) is 5.02. The van der Waals surface area contributed by atoms with Gasteiger partial charge in [0.25, 0.3) is 5.91 Å². The minimum absolute atomic E-state index is 0.0216. The summed E-state index contributed by atoms with van der Waals surface area (Å²) in [4.78, 5) is 14.2. The van der Waals surface area contributed by atoms with Crippen molar-refractivity contribution in [1.29, 1.82) is 5.26 Å². The molecule has 0 radical (unpaired) electrons. The van der Waals surface area contributed by atoms with Crippen molar-refractivity contribution in [1.82, 2.24) is 10.2 Å². The van der Waals surface area contributed by atoms with Crippen LogP contribution in [0.15, 0.2) is 24.3 Å². The number of benzene rings is 1. The number of nitrogens with zero attached hydrogens (tertiary/aromatic N) is 2. The minimum atomic E-state index is -0.120. The quantitative estimate of drug-likeness (QED) is 0.809. The maximum Gasteiger partial charge on any atom is 0.258 e. The van der Waals surface area contributed by atoms with Gasteiger partial charge < -0.3 is 14.8 Å². The molecule has 0 spiro atoms. The Morgan fingerprint density at radius 2 is 2.04 bits per heavy atom. The highest BCUT2D eigenvalue weighted by atomic mass is 16.5. The zero-order valence-corrected chi connectivity index (χ0v) is 15.2. The summed E-state index contributed by atoms with van der Waals surface area (Å²) in [5, 5.41) is 11.8. The largest absolute Gasteiger partial charge is 0.484 e. The fraction of sp³-hybridized carbons (Fsp3) is 0.600. The van der Waals surface area contributed by atoms with E-state index in [1.165, 1.54) is 5.56 Å². The predicted octanol–water partition coefficient (Wildman–Crippen LogP) is 2.10. The van der Waals surface area contributed by atoms with E-state index in [1.54, 1.807) is 0 Å². The van der Waals surface area contributed by atoms with E-state index in [2.05, 4.69) is 16.3 Å². The number of carbonyl (C=O) groups excluding carboxylic acids is 1. The Hall–Kier alpha value is -2.10. The molecule has 1 unspecified atom stereocenters. The molecule has 26 heavy (non-hydrogen) atoms. The summed E-state index contributed by atoms with van der Waals surface area (Å²) >= 11 is 0. The number of nitriles is 1. The lowest BCUT2D eigenvalue weighted by Crippen LogP contribution is -2.35. The van der Waals surface area contributed by atoms with E-state index in [0.29, 0.717) is 12.3 Å². The first-order valence-electron chi connectivity index (χ1n) is 9.45. The van der Waals surface area contributed by atoms with Gasteiger partial charge in [-0.1, -0.05) is 12.1 Å². The number of piperidine rings is 1. The van der Waals surface area contributed by atoms with Crippen molar-refractivity contribution in [2.45, 2.75) is 38.3 Å². The lowest BCUT2D eigenvalue weighted by molar-refractivity contribution is -0.123. The van der Waals surface area contributed by atoms with Gasteiger partial charge in [-0.25, -0.2) is 0 Å². The maximum atomic E-state index is 11.8. The monoisotopic (exact) mass is 357 g/mol. The molecule has 1 atom stereocenters. The van der Waals surface area contributed by atoms with Crippen LogP contribution in [0.2, 0.25) is 0 Å². The lowest BCUT2D eigenvalue weighted by atomic mass is 9.98. The van der Waals surface area contributed by atoms with E-state index in [4.69, 9.17) is 14.7 Å². The molecule has 1 N–H and O–H groups in total. The van der Waals surface area contributed by atoms with Gasteiger partial charge in [-0.3, -0.25) is 9.69 Å². The van der Waals surface area contributed by atoms with Crippen molar-refractivity contribution in [3.8, 4) is 11.8 Å². The van der Waals surface area contributed by atoms with Gasteiger partial charge in [0.1, 0.15) is 5.75 Å². The number of likely N-dealkylation sites (tertiary alicyclic amines) is 1. The average Bonchev–Trinajstić information content (AvgIpc) is 3.20. The van der Waals surface area contributed by atoms with Crippen molar-refractivity contribution in [3.05, 3.63) is 29.8 Å². The summed E-state index contributed by atoms with van der Waals surface area (Å²) in [6.45, 7) is 4.21. The molecule has 6 heteroatoms. The summed E-state index contributed by atoms with van der Waals surface area (Å²) in [5.41, 5.74) is 1.22. The molecule has 6 nitrogen and oxygen atoms in total. The number of amides is 1. The molecule has 0 saturated carbocycles. The molecule has 1 amide bonds. The summed E-state index contributed by atoms with van der Waals surface area (Å²) in [7, 11) is 0. The summed E-state index contributed by atoms with van der Waals surface area (Å²) in [6.07, 6.45) is 4.14. The second-order valence-electron chi connectivity index (χ2n) is 7.05. The van der Waals surface area contributed by atoms with Gasteiger partial charge >= 0.3 is 0 Å². The van der Waals surface area contributed by atoms with Gasteiger partial charge in [0.15, 0.2) is 6.61 Å². The normalized spacial score (nSPS) is 21.3. The van der Waals surface area contributed by atoms with E-state index in [0.717, 1.165) is 51.9 Å². The van der Waals surface area contributed by atoms with Gasteiger partial charge in [-0.2, -0.15) is 5.26 Å². The van der Waals surface area contributed by atoms with Crippen LogP contribution < -0.4 is 10.1 Å². The fourth-order valence-electron chi connectivity index (χ4n) is 3.40. The molecule has 1 aromatic rings. The van der Waals surface area contributed by atoms with Crippen LogP contribution >= 0.6 is 0 Å². The first-order chi connectivity index (χ1) is 12.7. The van der Waals surface area contributed by atoms with Crippen LogP contribution in [0.25, 0.3) is 0 Å². The smallest absolute Gasteiger partial charge is 0.258 e. The summed E-state index contributed by atoms with van der Waals surface area (Å²) in [6, 6.07) is 10.3. The molecule has 2 aliphatic rings. The van der Waals surface area contributed by atoms with Crippen LogP contribution in [0.1, 0.15) is 31.2 Å². The molecule has 1 aromatic carbocycles. The van der Waals surface area contributed by atoms with Crippen LogP contribution in [0, 0.1) is 17.2 Å². The average molecular weight is 357 g/mol. The number of hydrogen-bond donors (Lipinski definition) is 1. The molecule has 2 heterocycles. The van der Waals surface area contributed by atoms with E-state index in [-0.39, 0.29) is 24.5 Å². The molecule has 3 rings (SSSR count). The number of hydrogen-bond acceptors (Lipinski definition) is 5. The standard InChI is InChI=1S/C20H27N3O3/c21-12-16-7-9-23(10-8-16)14-17-3-5-18(6-4-17)26-15-20(24)22-13-19-2-1-11-25-19/h3-6,16,19H,1-2,7-11,13-15H2,(H,22,24). The van der Waals surface area contributed by atoms with Gasteiger partial charge in [-0.15, -0.1) is 0 Å². The SMILES string of the molecule is N#CC1CCN(Cc2ccc(OCC(=O)NCC3CCCO3)cc2)CC1. The van der Waals surface area contributed by atoms with Crippen molar-refractivity contribution in [3.63, 3.8) is 0 Å². The highest BCUT2D eigenvalue weighted by Gasteiger charge is 2.19. The predicted molar refractivity (Wildman–Crippen MR) is 97.5 cm³/mol. The van der Waals surface area contributed by atoms with Crippen molar-refractivity contribution in [2.24, 2.45) is 5.92 Å². The third-order valence-corrected chi connectivity index (χ3v) is 5.02. The molecule has 0 bridgehead atoms. The maximum absolute atomic E-state index is 11.8. The van der Waals surface area contributed by atoms with Crippen LogP contribution in [0.4, 0.5) is 0 Å². The molecular weight excluding hydrogens is 330 g/mol. The number of nitrogens with one attached hydrogen (secondary N) is 1. The molecular formula is C20H27N3O3. The van der Waals surface area contributed by atoms with E-state index >= 15 is 0 Å². The minimum Gasteiger partial charge on any atom is -0.484 e. The van der Waals surface area contributed by atoms with E-state index in [9.17, 15) is 4.79 Å². The lowest BCUT2D eigenvalue weighted by Gasteiger charge is -2.29. The van der Waals surface area contributed by atoms with Crippen molar-refractivity contribution >= 4 is 5.91 Å². The summed E-state index contributed by atoms with van der Waals surface area (Å²) in [5.74, 6) is 0.794. The molecule has 0 aliphatic carbocycles. The number of carbonyl (C=O) groups is 1. The van der Waals surface area contributed by atoms with Crippen LogP contribution in [0.5, 0.6) is 5.75 Å². The first-order valence-corrected chi connectivity index (χ1v) is 9.45. The molecule has 2 aliphatic heterocycles. The molecule has 0 aromatic heterocycles. The Bertz CT molecular complexity index is 612. The molecule has 140 valence electrons. The second-order valence-corrected chi connectivity index (χ2v) is 7.05. The Labute approximate surface area is 155 Å². The molecule has 2 fully saturated rings. The Morgan fingerprint density at radius 3 is 2.69 bits per heavy atom. The van der Waals surface area contributed by atoms with Crippen molar-refractivity contribution in [2.75, 3.05) is 32.8 Å². The van der Waals surface area contributed by atoms with Crippen LogP contribution in [-0.4, -0.2) is 49.8 Å². The highest BCUT2D eigenvalue weighted by molar-refractivity contribution is 5.77. The summed E-state index contributed by atoms with van der Waals surface area (Å²) < 4.78 is 11.0. The topological polar surface area (TPSA) is 74.6 Å². The number of ether oxygens (including phenoxy) is 2. The second kappa shape index (κ2) is 9.56.